The van der Waals surface area contributed by atoms with Gasteiger partial charge >= 0.3 is 0 Å². The lowest BCUT2D eigenvalue weighted by molar-refractivity contribution is -0.115. The van der Waals surface area contributed by atoms with Crippen molar-refractivity contribution in [3.05, 3.63) is 59.1 Å². The van der Waals surface area contributed by atoms with Crippen LogP contribution in [0.2, 0.25) is 5.02 Å². The molecule has 128 valence electrons. The fourth-order valence-corrected chi connectivity index (χ4v) is 3.00. The van der Waals surface area contributed by atoms with Crippen LogP contribution in [0.3, 0.4) is 0 Å². The van der Waals surface area contributed by atoms with Gasteiger partial charge in [0, 0.05) is 16.8 Å². The molecule has 0 fully saturated rings. The molecule has 2 rings (SSSR count). The quantitative estimate of drug-likeness (QED) is 0.728. The first kappa shape index (κ1) is 18.4. The van der Waals surface area contributed by atoms with Crippen LogP contribution in [0.1, 0.15) is 18.5 Å². The van der Waals surface area contributed by atoms with Crippen LogP contribution in [0, 0.1) is 0 Å². The van der Waals surface area contributed by atoms with Gasteiger partial charge in [-0.25, -0.2) is 13.6 Å². The zero-order chi connectivity index (χ0) is 17.7. The molecule has 0 aliphatic carbocycles. The Morgan fingerprint density at radius 2 is 1.92 bits per heavy atom. The topological polar surface area (TPSA) is 101 Å². The Balaban J connectivity index is 1.96. The summed E-state index contributed by atoms with van der Waals surface area (Å²) in [7, 11) is -3.81. The van der Waals surface area contributed by atoms with Crippen molar-refractivity contribution in [1.82, 2.24) is 5.32 Å². The molecule has 1 atom stereocenters. The number of carbonyl (C=O) groups excluding carboxylic acids is 1. The van der Waals surface area contributed by atoms with Crippen molar-refractivity contribution in [3.63, 3.8) is 0 Å². The smallest absolute Gasteiger partial charge is 0.238 e. The highest BCUT2D eigenvalue weighted by Gasteiger charge is 2.12. The highest BCUT2D eigenvalue weighted by molar-refractivity contribution is 7.89. The van der Waals surface area contributed by atoms with E-state index in [4.69, 9.17) is 16.7 Å². The fourth-order valence-electron chi connectivity index (χ4n) is 2.14. The first-order chi connectivity index (χ1) is 11.3. The fraction of sp³-hybridized carbons (Fsp3) is 0.188. The van der Waals surface area contributed by atoms with Crippen molar-refractivity contribution < 1.29 is 13.2 Å². The Kier molecular flexibility index (Phi) is 5.95. The van der Waals surface area contributed by atoms with Gasteiger partial charge in [-0.3, -0.25) is 4.79 Å². The Hall–Kier alpha value is -1.93. The standard InChI is InChI=1S/C16H18ClN3O3S/c1-11(14-7-2-3-8-15(14)17)19-10-16(21)20-12-5-4-6-13(9-12)24(18,22)23/h2-9,11,19H,10H2,1H3,(H,20,21)(H2,18,22,23). The third-order valence-corrected chi connectivity index (χ3v) is 4.64. The van der Waals surface area contributed by atoms with Crippen molar-refractivity contribution in [2.24, 2.45) is 5.14 Å². The molecule has 0 bridgehead atoms. The van der Waals surface area contributed by atoms with E-state index >= 15 is 0 Å². The number of nitrogens with one attached hydrogen (secondary N) is 2. The van der Waals surface area contributed by atoms with Crippen molar-refractivity contribution in [1.29, 1.82) is 0 Å². The Morgan fingerprint density at radius 3 is 2.58 bits per heavy atom. The molecule has 0 saturated carbocycles. The highest BCUT2D eigenvalue weighted by Crippen LogP contribution is 2.22. The molecule has 6 nitrogen and oxygen atoms in total. The molecular formula is C16H18ClN3O3S. The minimum atomic E-state index is -3.81. The minimum Gasteiger partial charge on any atom is -0.325 e. The van der Waals surface area contributed by atoms with Gasteiger partial charge in [0.15, 0.2) is 0 Å². The van der Waals surface area contributed by atoms with Crippen LogP contribution in [0.15, 0.2) is 53.4 Å². The number of hydrogen-bond donors (Lipinski definition) is 3. The second kappa shape index (κ2) is 7.76. The Bertz CT molecular complexity index is 840. The molecule has 0 aliphatic heterocycles. The summed E-state index contributed by atoms with van der Waals surface area (Å²) in [6.07, 6.45) is 0. The number of rotatable bonds is 6. The monoisotopic (exact) mass is 367 g/mol. The van der Waals surface area contributed by atoms with E-state index in [0.29, 0.717) is 10.7 Å². The van der Waals surface area contributed by atoms with Gasteiger partial charge in [0.1, 0.15) is 0 Å². The van der Waals surface area contributed by atoms with Gasteiger partial charge < -0.3 is 10.6 Å². The zero-order valence-corrected chi connectivity index (χ0v) is 14.6. The molecule has 0 saturated heterocycles. The Morgan fingerprint density at radius 1 is 1.21 bits per heavy atom. The average Bonchev–Trinajstić information content (AvgIpc) is 2.52. The van der Waals surface area contributed by atoms with Crippen LogP contribution in [-0.4, -0.2) is 20.9 Å². The number of halogens is 1. The van der Waals surface area contributed by atoms with Gasteiger partial charge in [-0.15, -0.1) is 0 Å². The number of hydrogen-bond acceptors (Lipinski definition) is 4. The maximum Gasteiger partial charge on any atom is 0.238 e. The van der Waals surface area contributed by atoms with Crippen LogP contribution < -0.4 is 15.8 Å². The second-order valence-corrected chi connectivity index (χ2v) is 7.21. The molecule has 0 aromatic heterocycles. The number of benzene rings is 2. The molecule has 4 N–H and O–H groups in total. The molecule has 0 spiro atoms. The summed E-state index contributed by atoms with van der Waals surface area (Å²) < 4.78 is 22.6. The maximum absolute atomic E-state index is 12.0. The van der Waals surface area contributed by atoms with Crippen LogP contribution in [-0.2, 0) is 14.8 Å². The maximum atomic E-state index is 12.0. The molecule has 24 heavy (non-hydrogen) atoms. The summed E-state index contributed by atoms with van der Waals surface area (Å²) in [5.41, 5.74) is 1.25. The summed E-state index contributed by atoms with van der Waals surface area (Å²) >= 11 is 6.12. The first-order valence-corrected chi connectivity index (χ1v) is 9.10. The first-order valence-electron chi connectivity index (χ1n) is 7.18. The summed E-state index contributed by atoms with van der Waals surface area (Å²) in [4.78, 5) is 11.9. The van der Waals surface area contributed by atoms with E-state index < -0.39 is 10.0 Å². The van der Waals surface area contributed by atoms with Gasteiger partial charge in [-0.05, 0) is 36.8 Å². The number of nitrogens with two attached hydrogens (primary N) is 1. The van der Waals surface area contributed by atoms with E-state index in [2.05, 4.69) is 10.6 Å². The second-order valence-electron chi connectivity index (χ2n) is 5.25. The molecule has 2 aromatic carbocycles. The van der Waals surface area contributed by atoms with Crippen LogP contribution >= 0.6 is 11.6 Å². The van der Waals surface area contributed by atoms with Crippen molar-refractivity contribution in [3.8, 4) is 0 Å². The number of amides is 1. The average molecular weight is 368 g/mol. The molecule has 8 heteroatoms. The van der Waals surface area contributed by atoms with Crippen LogP contribution in [0.5, 0.6) is 0 Å². The zero-order valence-electron chi connectivity index (χ0n) is 13.0. The predicted molar refractivity (Wildman–Crippen MR) is 94.3 cm³/mol. The minimum absolute atomic E-state index is 0.0476. The molecule has 1 unspecified atom stereocenters. The lowest BCUT2D eigenvalue weighted by Crippen LogP contribution is -2.30. The molecule has 1 amide bonds. The van der Waals surface area contributed by atoms with Crippen molar-refractivity contribution >= 4 is 33.2 Å². The van der Waals surface area contributed by atoms with Gasteiger partial charge in [0.25, 0.3) is 0 Å². The Labute approximate surface area is 146 Å². The third-order valence-electron chi connectivity index (χ3n) is 3.39. The lowest BCUT2D eigenvalue weighted by Gasteiger charge is -2.15. The lowest BCUT2D eigenvalue weighted by atomic mass is 10.1. The number of carbonyl (C=O) groups is 1. The van der Waals surface area contributed by atoms with Gasteiger partial charge in [-0.1, -0.05) is 35.9 Å². The molecule has 2 aromatic rings. The van der Waals surface area contributed by atoms with E-state index in [9.17, 15) is 13.2 Å². The van der Waals surface area contributed by atoms with E-state index in [-0.39, 0.29) is 23.4 Å². The van der Waals surface area contributed by atoms with E-state index in [1.165, 1.54) is 18.2 Å². The molecule has 0 heterocycles. The van der Waals surface area contributed by atoms with Gasteiger partial charge in [0.05, 0.1) is 11.4 Å². The largest absolute Gasteiger partial charge is 0.325 e. The highest BCUT2D eigenvalue weighted by atomic mass is 35.5. The van der Waals surface area contributed by atoms with Gasteiger partial charge in [-0.2, -0.15) is 0 Å². The number of anilines is 1. The summed E-state index contributed by atoms with van der Waals surface area (Å²) in [5.74, 6) is -0.305. The van der Waals surface area contributed by atoms with E-state index in [0.717, 1.165) is 5.56 Å². The summed E-state index contributed by atoms with van der Waals surface area (Å²) in [6, 6.07) is 13.0. The van der Waals surface area contributed by atoms with Crippen LogP contribution in [0.25, 0.3) is 0 Å². The predicted octanol–water partition coefficient (Wildman–Crippen LogP) is 2.28. The van der Waals surface area contributed by atoms with E-state index in [1.54, 1.807) is 12.1 Å². The van der Waals surface area contributed by atoms with Crippen LogP contribution in [0.4, 0.5) is 5.69 Å². The number of sulfonamides is 1. The molecular weight excluding hydrogens is 350 g/mol. The number of primary sulfonamides is 1. The van der Waals surface area contributed by atoms with Gasteiger partial charge in [0.2, 0.25) is 15.9 Å². The summed E-state index contributed by atoms with van der Waals surface area (Å²) in [5, 5.41) is 11.4. The van der Waals surface area contributed by atoms with Crippen molar-refractivity contribution in [2.45, 2.75) is 17.9 Å². The summed E-state index contributed by atoms with van der Waals surface area (Å²) in [6.45, 7) is 1.95. The third kappa shape index (κ3) is 5.04. The SMILES string of the molecule is CC(NCC(=O)Nc1cccc(S(N)(=O)=O)c1)c1ccccc1Cl. The molecule has 0 aliphatic rings. The van der Waals surface area contributed by atoms with Crippen molar-refractivity contribution in [2.75, 3.05) is 11.9 Å². The normalized spacial score (nSPS) is 12.6. The van der Waals surface area contributed by atoms with E-state index in [1.807, 2.05) is 25.1 Å². The molecule has 0 radical (unpaired) electrons.